The van der Waals surface area contributed by atoms with Crippen LogP contribution in [0, 0.1) is 0 Å². The largest absolute Gasteiger partial charge is 0.354 e. The third-order valence-corrected chi connectivity index (χ3v) is 8.15. The maximum absolute atomic E-state index is 13.0. The number of amides is 1. The number of nitrogens with one attached hydrogen (secondary N) is 1. The highest BCUT2D eigenvalue weighted by atomic mass is 35.5. The van der Waals surface area contributed by atoms with Gasteiger partial charge in [0.1, 0.15) is 5.69 Å². The Morgan fingerprint density at radius 2 is 1.81 bits per heavy atom. The van der Waals surface area contributed by atoms with Crippen molar-refractivity contribution in [3.05, 3.63) is 65.9 Å². The van der Waals surface area contributed by atoms with Gasteiger partial charge in [0, 0.05) is 55.3 Å². The summed E-state index contributed by atoms with van der Waals surface area (Å²) in [5.41, 5.74) is 2.46. The normalized spacial score (nSPS) is 14.7. The van der Waals surface area contributed by atoms with Crippen molar-refractivity contribution in [3.63, 3.8) is 0 Å². The number of alkyl halides is 1. The molecule has 4 aromatic rings. The Bertz CT molecular complexity index is 1580. The molecule has 0 aliphatic carbocycles. The number of nitrogens with zero attached hydrogens (tertiary/aromatic N) is 5. The van der Waals surface area contributed by atoms with E-state index in [0.29, 0.717) is 31.5 Å². The Hall–Kier alpha value is -3.50. The van der Waals surface area contributed by atoms with E-state index in [4.69, 9.17) is 11.6 Å². The van der Waals surface area contributed by atoms with E-state index in [2.05, 4.69) is 25.5 Å². The second-order valence-electron chi connectivity index (χ2n) is 9.23. The molecule has 0 saturated carbocycles. The van der Waals surface area contributed by atoms with Crippen molar-refractivity contribution in [1.82, 2.24) is 25.3 Å². The number of aromatic nitrogens is 4. The molecule has 1 saturated heterocycles. The summed E-state index contributed by atoms with van der Waals surface area (Å²) in [6.07, 6.45) is 4.23. The second kappa shape index (κ2) is 10.1. The number of halogens is 1. The molecule has 5 rings (SSSR count). The molecule has 192 valence electrons. The van der Waals surface area contributed by atoms with E-state index in [9.17, 15) is 13.2 Å². The summed E-state index contributed by atoms with van der Waals surface area (Å²) < 4.78 is 26.4. The molecule has 1 aliphatic heterocycles. The topological polar surface area (TPSA) is 110 Å². The fourth-order valence-electron chi connectivity index (χ4n) is 4.76. The first-order valence-electron chi connectivity index (χ1n) is 11.9. The van der Waals surface area contributed by atoms with Crippen LogP contribution in [0.2, 0.25) is 0 Å². The third-order valence-electron chi connectivity index (χ3n) is 6.71. The van der Waals surface area contributed by atoms with Gasteiger partial charge in [0.15, 0.2) is 15.7 Å². The number of aryl methyl sites for hydroxylation is 1. The van der Waals surface area contributed by atoms with Gasteiger partial charge in [-0.3, -0.25) is 9.48 Å². The SMILES string of the molecule is Cn1nccc1-c1nnc(N2CCC(NC(=O)c3ccc(CCl)cc3S(C)(=O)=O)CC2)c2ccccc12. The highest BCUT2D eigenvalue weighted by Gasteiger charge is 2.26. The van der Waals surface area contributed by atoms with Crippen molar-refractivity contribution in [1.29, 1.82) is 0 Å². The summed E-state index contributed by atoms with van der Waals surface area (Å²) in [6.45, 7) is 1.36. The molecule has 11 heteroatoms. The van der Waals surface area contributed by atoms with Crippen molar-refractivity contribution < 1.29 is 13.2 Å². The minimum absolute atomic E-state index is 0.00385. The van der Waals surface area contributed by atoms with Crippen LogP contribution in [0.3, 0.4) is 0 Å². The molecular formula is C26H27ClN6O3S. The summed E-state index contributed by atoms with van der Waals surface area (Å²) in [5, 5.41) is 18.4. The second-order valence-corrected chi connectivity index (χ2v) is 11.5. The van der Waals surface area contributed by atoms with Crippen LogP contribution < -0.4 is 10.2 Å². The molecule has 1 amide bonds. The van der Waals surface area contributed by atoms with Gasteiger partial charge in [-0.2, -0.15) is 5.10 Å². The van der Waals surface area contributed by atoms with E-state index in [1.807, 2.05) is 37.4 Å². The van der Waals surface area contributed by atoms with Gasteiger partial charge in [0.05, 0.1) is 16.2 Å². The number of piperidine rings is 1. The number of fused-ring (bicyclic) bond motifs is 1. The lowest BCUT2D eigenvalue weighted by molar-refractivity contribution is 0.0927. The Labute approximate surface area is 220 Å². The molecule has 0 spiro atoms. The summed E-state index contributed by atoms with van der Waals surface area (Å²) >= 11 is 5.87. The standard InChI is InChI=1S/C26H27ClN6O3S/c1-32-22(9-12-28-32)24-19-5-3-4-6-20(19)25(31-30-24)33-13-10-18(11-14-33)29-26(34)21-8-7-17(16-27)15-23(21)37(2,35)36/h3-9,12,15,18H,10-11,13-14,16H2,1-2H3,(H,29,34). The maximum atomic E-state index is 13.0. The van der Waals surface area contributed by atoms with Crippen LogP contribution in [0.5, 0.6) is 0 Å². The number of hydrogen-bond donors (Lipinski definition) is 1. The quantitative estimate of drug-likeness (QED) is 0.374. The molecule has 1 N–H and O–H groups in total. The van der Waals surface area contributed by atoms with E-state index >= 15 is 0 Å². The summed E-state index contributed by atoms with van der Waals surface area (Å²) in [7, 11) is -1.71. The molecule has 1 aliphatic rings. The lowest BCUT2D eigenvalue weighted by Gasteiger charge is -2.33. The number of anilines is 1. The van der Waals surface area contributed by atoms with Crippen LogP contribution in [0.1, 0.15) is 28.8 Å². The third kappa shape index (κ3) is 5.03. The van der Waals surface area contributed by atoms with E-state index < -0.39 is 15.7 Å². The van der Waals surface area contributed by atoms with Gasteiger partial charge in [-0.1, -0.05) is 30.3 Å². The molecule has 0 unspecified atom stereocenters. The number of hydrogen-bond acceptors (Lipinski definition) is 7. The average molecular weight is 539 g/mol. The van der Waals surface area contributed by atoms with Crippen molar-refractivity contribution in [2.45, 2.75) is 29.7 Å². The van der Waals surface area contributed by atoms with Crippen molar-refractivity contribution >= 4 is 43.9 Å². The zero-order valence-corrected chi connectivity index (χ0v) is 22.1. The molecule has 0 bridgehead atoms. The minimum Gasteiger partial charge on any atom is -0.354 e. The molecular weight excluding hydrogens is 512 g/mol. The van der Waals surface area contributed by atoms with Gasteiger partial charge in [-0.25, -0.2) is 8.42 Å². The maximum Gasteiger partial charge on any atom is 0.252 e. The van der Waals surface area contributed by atoms with Crippen LogP contribution in [-0.2, 0) is 22.8 Å². The van der Waals surface area contributed by atoms with E-state index in [0.717, 1.165) is 34.2 Å². The van der Waals surface area contributed by atoms with Crippen LogP contribution in [0.4, 0.5) is 5.82 Å². The van der Waals surface area contributed by atoms with Crippen molar-refractivity contribution in [2.24, 2.45) is 7.05 Å². The van der Waals surface area contributed by atoms with Gasteiger partial charge in [0.25, 0.3) is 5.91 Å². The van der Waals surface area contributed by atoms with Gasteiger partial charge in [-0.15, -0.1) is 21.8 Å². The molecule has 37 heavy (non-hydrogen) atoms. The minimum atomic E-state index is -3.59. The monoisotopic (exact) mass is 538 g/mol. The lowest BCUT2D eigenvalue weighted by Crippen LogP contribution is -2.45. The Kier molecular flexibility index (Phi) is 6.87. The number of benzene rings is 2. The van der Waals surface area contributed by atoms with E-state index in [1.54, 1.807) is 16.9 Å². The van der Waals surface area contributed by atoms with Crippen LogP contribution >= 0.6 is 11.6 Å². The van der Waals surface area contributed by atoms with E-state index in [1.165, 1.54) is 12.1 Å². The van der Waals surface area contributed by atoms with E-state index in [-0.39, 0.29) is 22.4 Å². The predicted octanol–water partition coefficient (Wildman–Crippen LogP) is 3.57. The first kappa shape index (κ1) is 25.2. The first-order chi connectivity index (χ1) is 17.8. The molecule has 1 fully saturated rings. The fourth-order valence-corrected chi connectivity index (χ4v) is 5.85. The van der Waals surface area contributed by atoms with Crippen molar-refractivity contribution in [2.75, 3.05) is 24.2 Å². The Morgan fingerprint density at radius 1 is 1.08 bits per heavy atom. The highest BCUT2D eigenvalue weighted by molar-refractivity contribution is 7.90. The smallest absolute Gasteiger partial charge is 0.252 e. The summed E-state index contributed by atoms with van der Waals surface area (Å²) in [4.78, 5) is 15.2. The van der Waals surface area contributed by atoms with Gasteiger partial charge < -0.3 is 10.2 Å². The number of carbonyl (C=O) groups is 1. The number of rotatable bonds is 6. The van der Waals surface area contributed by atoms with Gasteiger partial charge in [-0.05, 0) is 36.6 Å². The van der Waals surface area contributed by atoms with Gasteiger partial charge in [0.2, 0.25) is 0 Å². The van der Waals surface area contributed by atoms with Crippen LogP contribution in [0.15, 0.2) is 59.6 Å². The van der Waals surface area contributed by atoms with Crippen molar-refractivity contribution in [3.8, 4) is 11.4 Å². The summed E-state index contributed by atoms with van der Waals surface area (Å²) in [6, 6.07) is 14.6. The number of carbonyl (C=O) groups excluding carboxylic acids is 1. The molecule has 3 heterocycles. The zero-order chi connectivity index (χ0) is 26.2. The average Bonchev–Trinajstić information content (AvgIpc) is 3.33. The summed E-state index contributed by atoms with van der Waals surface area (Å²) in [5.74, 6) is 0.580. The predicted molar refractivity (Wildman–Crippen MR) is 144 cm³/mol. The van der Waals surface area contributed by atoms with Gasteiger partial charge >= 0.3 is 0 Å². The number of sulfone groups is 1. The van der Waals surface area contributed by atoms with Crippen LogP contribution in [-0.4, -0.2) is 59.7 Å². The molecule has 2 aromatic heterocycles. The Morgan fingerprint density at radius 3 is 2.46 bits per heavy atom. The molecule has 0 radical (unpaired) electrons. The molecule has 0 atom stereocenters. The lowest BCUT2D eigenvalue weighted by atomic mass is 10.0. The molecule has 2 aromatic carbocycles. The first-order valence-corrected chi connectivity index (χ1v) is 14.4. The zero-order valence-electron chi connectivity index (χ0n) is 20.6. The fraction of sp³-hybridized carbons (Fsp3) is 0.308. The van der Waals surface area contributed by atoms with Crippen LogP contribution in [0.25, 0.3) is 22.2 Å². The highest BCUT2D eigenvalue weighted by Crippen LogP contribution is 2.32. The molecule has 9 nitrogen and oxygen atoms in total. The Balaban J connectivity index is 1.33.